The van der Waals surface area contributed by atoms with E-state index >= 15 is 0 Å². The Labute approximate surface area is 251 Å². The van der Waals surface area contributed by atoms with Crippen molar-refractivity contribution >= 4 is 113 Å². The molecule has 3 rings (SSSR count). The minimum Gasteiger partial charge on any atom is -0.240 e. The van der Waals surface area contributed by atoms with Gasteiger partial charge in [-0.15, -0.1) is 0 Å². The number of hydrogen-bond donors (Lipinski definition) is 0. The summed E-state index contributed by atoms with van der Waals surface area (Å²) in [5.74, 6) is 2.37. The van der Waals surface area contributed by atoms with Gasteiger partial charge in [0.25, 0.3) is 0 Å². The predicted octanol–water partition coefficient (Wildman–Crippen LogP) is 7.16. The van der Waals surface area contributed by atoms with Crippen molar-refractivity contribution in [2.45, 2.75) is 51.4 Å². The molecule has 0 unspecified atom stereocenters. The normalized spacial score (nSPS) is 13.3. The first-order chi connectivity index (χ1) is 14.7. The number of aryl methyl sites for hydroxylation is 2. The smallest absolute Gasteiger partial charge is 0.194 e. The van der Waals surface area contributed by atoms with Crippen molar-refractivity contribution in [3.05, 3.63) is 65.7 Å². The van der Waals surface area contributed by atoms with E-state index in [0.717, 1.165) is 54.1 Å². The van der Waals surface area contributed by atoms with Gasteiger partial charge in [-0.25, -0.2) is 24.9 Å². The predicted molar refractivity (Wildman–Crippen MR) is 165 cm³/mol. The lowest BCUT2D eigenvalue weighted by Crippen LogP contribution is -2.11. The van der Waals surface area contributed by atoms with Crippen LogP contribution in [-0.4, -0.2) is 24.9 Å². The molecule has 0 aliphatic rings. The van der Waals surface area contributed by atoms with Crippen molar-refractivity contribution in [1.29, 1.82) is 0 Å². The van der Waals surface area contributed by atoms with Gasteiger partial charge in [-0.05, 0) is 133 Å². The molecule has 0 spiro atoms. The monoisotopic (exact) mass is 977 g/mol. The summed E-state index contributed by atoms with van der Waals surface area (Å²) < 4.78 is 5.48. The largest absolute Gasteiger partial charge is 0.240 e. The van der Waals surface area contributed by atoms with Crippen LogP contribution < -0.4 is 0 Å². The summed E-state index contributed by atoms with van der Waals surface area (Å²) in [6.07, 6.45) is 5.44. The molecule has 164 valence electrons. The van der Waals surface area contributed by atoms with Gasteiger partial charge in [0.05, 0.1) is 9.26 Å². The second kappa shape index (κ2) is 12.6. The van der Waals surface area contributed by atoms with Crippen molar-refractivity contribution < 1.29 is 0 Å². The van der Waals surface area contributed by atoms with Gasteiger partial charge in [0.15, 0.2) is 3.83 Å². The van der Waals surface area contributed by atoms with E-state index in [0.29, 0.717) is 5.92 Å². The summed E-state index contributed by atoms with van der Waals surface area (Å²) in [6.45, 7) is 4.42. The molecule has 0 aliphatic heterocycles. The Balaban J connectivity index is 1.65. The van der Waals surface area contributed by atoms with Crippen LogP contribution in [0.2, 0.25) is 0 Å². The summed E-state index contributed by atoms with van der Waals surface area (Å²) in [7, 11) is 0. The van der Waals surface area contributed by atoms with Crippen LogP contribution >= 0.6 is 113 Å². The Morgan fingerprint density at radius 3 is 2.16 bits per heavy atom. The van der Waals surface area contributed by atoms with Crippen molar-refractivity contribution in [3.8, 4) is 0 Å². The first-order valence-corrected chi connectivity index (χ1v) is 15.1. The minimum absolute atomic E-state index is 0.285. The number of aromatic nitrogens is 5. The second-order valence-corrected chi connectivity index (χ2v) is 13.0. The van der Waals surface area contributed by atoms with Gasteiger partial charge >= 0.3 is 0 Å². The molecule has 10 heteroatoms. The summed E-state index contributed by atoms with van der Waals surface area (Å²) in [4.78, 5) is 22.8. The van der Waals surface area contributed by atoms with Crippen LogP contribution in [0.3, 0.4) is 0 Å². The average Bonchev–Trinajstić information content (AvgIpc) is 2.71. The molecular formula is C21H20I5N5. The summed E-state index contributed by atoms with van der Waals surface area (Å²) >= 11 is 11.6. The maximum absolute atomic E-state index is 4.82. The zero-order valence-corrected chi connectivity index (χ0v) is 27.7. The van der Waals surface area contributed by atoms with Gasteiger partial charge in [0.2, 0.25) is 0 Å². The van der Waals surface area contributed by atoms with Crippen LogP contribution in [0.4, 0.5) is 0 Å². The third kappa shape index (κ3) is 8.00. The Kier molecular flexibility index (Phi) is 10.8. The molecule has 31 heavy (non-hydrogen) atoms. The third-order valence-electron chi connectivity index (χ3n) is 4.94. The van der Waals surface area contributed by atoms with Crippen LogP contribution in [-0.2, 0) is 12.8 Å². The van der Waals surface area contributed by atoms with Crippen LogP contribution in [0.1, 0.15) is 61.4 Å². The van der Waals surface area contributed by atoms with Gasteiger partial charge in [0, 0.05) is 48.0 Å². The topological polar surface area (TPSA) is 64.5 Å². The number of nitrogens with zero attached hydrogens (tertiary/aromatic N) is 5. The third-order valence-corrected chi connectivity index (χ3v) is 9.58. The van der Waals surface area contributed by atoms with Gasteiger partial charge in [-0.1, -0.05) is 13.8 Å². The fraction of sp³-hybridized carbons (Fsp3) is 0.381. The fourth-order valence-corrected chi connectivity index (χ4v) is 7.00. The number of rotatable bonds is 8. The van der Waals surface area contributed by atoms with Crippen LogP contribution in [0.5, 0.6) is 0 Å². The lowest BCUT2D eigenvalue weighted by Gasteiger charge is -2.14. The minimum atomic E-state index is 0.285. The lowest BCUT2D eigenvalue weighted by molar-refractivity contribution is 0.598. The van der Waals surface area contributed by atoms with E-state index < -0.39 is 0 Å². The highest BCUT2D eigenvalue weighted by Crippen LogP contribution is 2.26. The Bertz CT molecular complexity index is 1040. The summed E-state index contributed by atoms with van der Waals surface area (Å²) in [5, 5.41) is 0. The zero-order valence-electron chi connectivity index (χ0n) is 16.9. The number of halogens is 5. The van der Waals surface area contributed by atoms with Crippen LogP contribution in [0.15, 0.2) is 24.5 Å². The van der Waals surface area contributed by atoms with Crippen molar-refractivity contribution in [1.82, 2.24) is 24.9 Å². The highest BCUT2D eigenvalue weighted by molar-refractivity contribution is 14.1. The summed E-state index contributed by atoms with van der Waals surface area (Å²) in [5.41, 5.74) is 2.47. The molecule has 1 aromatic carbocycles. The van der Waals surface area contributed by atoms with Crippen LogP contribution in [0.25, 0.3) is 0 Å². The molecule has 0 saturated heterocycles. The quantitative estimate of drug-likeness (QED) is 0.177. The van der Waals surface area contributed by atoms with E-state index in [2.05, 4.69) is 165 Å². The maximum Gasteiger partial charge on any atom is 0.194 e. The van der Waals surface area contributed by atoms with Gasteiger partial charge < -0.3 is 0 Å². The van der Waals surface area contributed by atoms with E-state index in [1.165, 1.54) is 12.7 Å². The molecule has 0 bridgehead atoms. The van der Waals surface area contributed by atoms with Crippen molar-refractivity contribution in [2.24, 2.45) is 0 Å². The molecule has 0 saturated carbocycles. The number of hydrogen-bond acceptors (Lipinski definition) is 5. The molecule has 0 fully saturated rings. The molecular weight excluding hydrogens is 957 g/mol. The SMILES string of the molecule is C[C@H](CCc1cc(I)cc(I)c1)c1nc(I)nc(CC[C@@H](C)c2ncnc(I)c2I)n1. The summed E-state index contributed by atoms with van der Waals surface area (Å²) in [6, 6.07) is 6.71. The van der Waals surface area contributed by atoms with Crippen molar-refractivity contribution in [2.75, 3.05) is 0 Å². The molecule has 0 aliphatic carbocycles. The van der Waals surface area contributed by atoms with E-state index in [4.69, 9.17) is 4.98 Å². The highest BCUT2D eigenvalue weighted by atomic mass is 127. The molecule has 3 aromatic rings. The zero-order chi connectivity index (χ0) is 22.5. The Hall–Kier alpha value is 0.960. The Morgan fingerprint density at radius 2 is 1.45 bits per heavy atom. The second-order valence-electron chi connectivity index (χ2n) is 7.40. The number of benzene rings is 1. The van der Waals surface area contributed by atoms with Crippen molar-refractivity contribution in [3.63, 3.8) is 0 Å². The van der Waals surface area contributed by atoms with E-state index in [-0.39, 0.29) is 5.92 Å². The van der Waals surface area contributed by atoms with Crippen LogP contribution in [0, 0.1) is 18.2 Å². The molecule has 0 N–H and O–H groups in total. The first-order valence-electron chi connectivity index (χ1n) is 9.74. The van der Waals surface area contributed by atoms with E-state index in [9.17, 15) is 0 Å². The molecule has 2 aromatic heterocycles. The lowest BCUT2D eigenvalue weighted by atomic mass is 10.00. The first kappa shape index (κ1) is 26.6. The van der Waals surface area contributed by atoms with Gasteiger partial charge in [-0.2, -0.15) is 0 Å². The van der Waals surface area contributed by atoms with Gasteiger partial charge in [0.1, 0.15) is 21.7 Å². The highest BCUT2D eigenvalue weighted by Gasteiger charge is 2.17. The van der Waals surface area contributed by atoms with Gasteiger partial charge in [-0.3, -0.25) is 0 Å². The van der Waals surface area contributed by atoms with E-state index in [1.807, 2.05) is 0 Å². The molecule has 2 atom stereocenters. The van der Waals surface area contributed by atoms with E-state index in [1.54, 1.807) is 6.33 Å². The molecule has 0 amide bonds. The Morgan fingerprint density at radius 1 is 0.774 bits per heavy atom. The standard InChI is InChI=1S/C21H20I5N5/c1-11(18-17(24)19(25)28-10-27-18)4-6-16-29-20(31-21(26)30-16)12(2)3-5-13-7-14(22)9-15(23)8-13/h7-12H,3-6H2,1-2H3/t11-,12-/m1/s1. The average molecular weight is 977 g/mol. The molecule has 0 radical (unpaired) electrons. The molecule has 2 heterocycles. The maximum atomic E-state index is 4.82. The fourth-order valence-electron chi connectivity index (χ4n) is 3.19. The molecule has 5 nitrogen and oxygen atoms in total.